The summed E-state index contributed by atoms with van der Waals surface area (Å²) in [5, 5.41) is 16.1. The van der Waals surface area contributed by atoms with Crippen LogP contribution in [0.4, 0.5) is 5.69 Å². The van der Waals surface area contributed by atoms with E-state index in [0.717, 1.165) is 5.69 Å². The van der Waals surface area contributed by atoms with Crippen LogP contribution in [-0.4, -0.2) is 39.8 Å². The summed E-state index contributed by atoms with van der Waals surface area (Å²) >= 11 is 1.35. The van der Waals surface area contributed by atoms with Crippen molar-refractivity contribution >= 4 is 34.7 Å². The molecule has 1 fully saturated rings. The van der Waals surface area contributed by atoms with Crippen molar-refractivity contribution in [3.05, 3.63) is 53.6 Å². The normalized spacial score (nSPS) is 15.9. The molecule has 3 rings (SSSR count). The largest absolute Gasteiger partial charge is 0.504 e. The van der Waals surface area contributed by atoms with Crippen molar-refractivity contribution in [2.24, 2.45) is 10.1 Å². The van der Waals surface area contributed by atoms with Crippen LogP contribution in [0.2, 0.25) is 0 Å². The number of phenolic OH excluding ortho intramolecular Hbond substituents is 1. The van der Waals surface area contributed by atoms with Gasteiger partial charge in [-0.1, -0.05) is 37.7 Å². The molecule has 6 nitrogen and oxygen atoms in total. The van der Waals surface area contributed by atoms with Crippen LogP contribution >= 0.6 is 11.8 Å². The van der Waals surface area contributed by atoms with Crippen molar-refractivity contribution in [2.45, 2.75) is 26.7 Å². The minimum Gasteiger partial charge on any atom is -0.504 e. The number of ether oxygens (including phenoxy) is 1. The van der Waals surface area contributed by atoms with Gasteiger partial charge in [-0.2, -0.15) is 10.1 Å². The number of carbonyl (C=O) groups is 1. The fourth-order valence-electron chi connectivity index (χ4n) is 2.61. The number of phenols is 1. The molecular weight excluding hydrogens is 374 g/mol. The predicted octanol–water partition coefficient (Wildman–Crippen LogP) is 4.51. The Kier molecular flexibility index (Phi) is 6.36. The molecule has 2 aromatic rings. The number of thioether (sulfide) groups is 1. The molecule has 1 N–H and O–H groups in total. The van der Waals surface area contributed by atoms with Gasteiger partial charge in [-0.15, -0.1) is 0 Å². The number of hydrogen-bond donors (Lipinski definition) is 1. The van der Waals surface area contributed by atoms with E-state index in [1.807, 2.05) is 31.2 Å². The number of aliphatic imine (C=N–C) groups is 1. The first-order valence-electron chi connectivity index (χ1n) is 9.12. The Bertz CT molecular complexity index is 908. The fourth-order valence-corrected chi connectivity index (χ4v) is 3.43. The topological polar surface area (TPSA) is 74.5 Å². The molecule has 0 aromatic heterocycles. The first-order valence-corrected chi connectivity index (χ1v) is 10.1. The lowest BCUT2D eigenvalue weighted by Gasteiger charge is -2.10. The van der Waals surface area contributed by atoms with Gasteiger partial charge in [-0.3, -0.25) is 4.79 Å². The average Bonchev–Trinajstić information content (AvgIpc) is 3.02. The highest BCUT2D eigenvalue weighted by molar-refractivity contribution is 8.15. The first kappa shape index (κ1) is 19.9. The van der Waals surface area contributed by atoms with Crippen LogP contribution in [0.3, 0.4) is 0 Å². The molecule has 0 unspecified atom stereocenters. The van der Waals surface area contributed by atoms with Gasteiger partial charge in [-0.05, 0) is 54.3 Å². The first-order chi connectivity index (χ1) is 13.5. The van der Waals surface area contributed by atoms with Crippen LogP contribution in [0.15, 0.2) is 52.6 Å². The summed E-state index contributed by atoms with van der Waals surface area (Å²) in [5.74, 6) is 1.07. The molecule has 0 bridgehead atoms. The molecule has 1 aliphatic heterocycles. The summed E-state index contributed by atoms with van der Waals surface area (Å²) in [6, 6.07) is 13.0. The zero-order valence-electron chi connectivity index (χ0n) is 16.1. The Morgan fingerprint density at radius 3 is 2.64 bits per heavy atom. The number of carbonyl (C=O) groups excluding carboxylic acids is 1. The van der Waals surface area contributed by atoms with E-state index in [0.29, 0.717) is 34.8 Å². The number of hydrazone groups is 1. The molecule has 0 spiro atoms. The minimum absolute atomic E-state index is 0.0343. The molecule has 1 heterocycles. The summed E-state index contributed by atoms with van der Waals surface area (Å²) in [5.41, 5.74) is 2.68. The molecule has 146 valence electrons. The Balaban J connectivity index is 1.78. The highest BCUT2D eigenvalue weighted by Crippen LogP contribution is 2.27. The van der Waals surface area contributed by atoms with E-state index < -0.39 is 0 Å². The Morgan fingerprint density at radius 1 is 1.25 bits per heavy atom. The zero-order valence-corrected chi connectivity index (χ0v) is 16.9. The van der Waals surface area contributed by atoms with Crippen molar-refractivity contribution in [1.29, 1.82) is 0 Å². The van der Waals surface area contributed by atoms with Gasteiger partial charge in [0.25, 0.3) is 5.91 Å². The van der Waals surface area contributed by atoms with Gasteiger partial charge in [-0.25, -0.2) is 4.99 Å². The summed E-state index contributed by atoms with van der Waals surface area (Å²) < 4.78 is 5.31. The minimum atomic E-state index is -0.131. The van der Waals surface area contributed by atoms with E-state index in [4.69, 9.17) is 4.74 Å². The quantitative estimate of drug-likeness (QED) is 0.728. The van der Waals surface area contributed by atoms with Crippen molar-refractivity contribution in [3.63, 3.8) is 0 Å². The second kappa shape index (κ2) is 8.93. The molecule has 28 heavy (non-hydrogen) atoms. The lowest BCUT2D eigenvalue weighted by molar-refractivity contribution is -0.124. The Morgan fingerprint density at radius 2 is 2.00 bits per heavy atom. The Labute approximate surface area is 168 Å². The van der Waals surface area contributed by atoms with Gasteiger partial charge in [0.05, 0.1) is 24.3 Å². The van der Waals surface area contributed by atoms with Crippen LogP contribution in [0.5, 0.6) is 11.5 Å². The molecular formula is C21H23N3O3S. The molecule has 0 radical (unpaired) electrons. The van der Waals surface area contributed by atoms with Crippen molar-refractivity contribution in [3.8, 4) is 11.5 Å². The third-order valence-corrected chi connectivity index (χ3v) is 5.05. The number of rotatable bonds is 6. The average molecular weight is 398 g/mol. The standard InChI is InChI=1S/C21H23N3O3S/c1-4-27-19-10-5-15(11-18(19)25)12-22-24-20(26)13-28-21(24)23-17-8-6-16(7-9-17)14(2)3/h5-12,14,25H,4,13H2,1-3H3. The van der Waals surface area contributed by atoms with Gasteiger partial charge in [0.15, 0.2) is 16.7 Å². The monoisotopic (exact) mass is 397 g/mol. The van der Waals surface area contributed by atoms with Gasteiger partial charge in [0.1, 0.15) is 0 Å². The number of aromatic hydroxyl groups is 1. The van der Waals surface area contributed by atoms with Crippen LogP contribution in [0.1, 0.15) is 37.8 Å². The Hall–Kier alpha value is -2.80. The molecule has 0 saturated carbocycles. The summed E-state index contributed by atoms with van der Waals surface area (Å²) in [6.07, 6.45) is 1.52. The fraction of sp³-hybridized carbons (Fsp3) is 0.286. The molecule has 0 atom stereocenters. The zero-order chi connectivity index (χ0) is 20.1. The van der Waals surface area contributed by atoms with E-state index >= 15 is 0 Å². The third-order valence-electron chi connectivity index (χ3n) is 4.13. The second-order valence-electron chi connectivity index (χ2n) is 6.54. The third kappa shape index (κ3) is 4.72. The number of hydrogen-bond acceptors (Lipinski definition) is 6. The predicted molar refractivity (Wildman–Crippen MR) is 114 cm³/mol. The number of amides is 1. The van der Waals surface area contributed by atoms with Crippen LogP contribution in [0.25, 0.3) is 0 Å². The van der Waals surface area contributed by atoms with E-state index in [-0.39, 0.29) is 11.7 Å². The van der Waals surface area contributed by atoms with Gasteiger partial charge >= 0.3 is 0 Å². The SMILES string of the molecule is CCOc1ccc(C=NN2C(=O)CSC2=Nc2ccc(C(C)C)cc2)cc1O. The lowest BCUT2D eigenvalue weighted by Crippen LogP contribution is -2.23. The second-order valence-corrected chi connectivity index (χ2v) is 7.48. The van der Waals surface area contributed by atoms with Crippen molar-refractivity contribution in [2.75, 3.05) is 12.4 Å². The highest BCUT2D eigenvalue weighted by atomic mass is 32.2. The molecule has 0 aliphatic carbocycles. The van der Waals surface area contributed by atoms with Crippen LogP contribution in [-0.2, 0) is 4.79 Å². The summed E-state index contributed by atoms with van der Waals surface area (Å²) in [6.45, 7) is 6.60. The maximum absolute atomic E-state index is 12.2. The molecule has 1 amide bonds. The maximum Gasteiger partial charge on any atom is 0.259 e. The number of nitrogens with zero attached hydrogens (tertiary/aromatic N) is 3. The van der Waals surface area contributed by atoms with Gasteiger partial charge < -0.3 is 9.84 Å². The van der Waals surface area contributed by atoms with E-state index in [2.05, 4.69) is 23.9 Å². The summed E-state index contributed by atoms with van der Waals surface area (Å²) in [4.78, 5) is 16.7. The summed E-state index contributed by atoms with van der Waals surface area (Å²) in [7, 11) is 0. The van der Waals surface area contributed by atoms with Crippen molar-refractivity contribution in [1.82, 2.24) is 5.01 Å². The smallest absolute Gasteiger partial charge is 0.259 e. The number of benzene rings is 2. The molecule has 7 heteroatoms. The van der Waals surface area contributed by atoms with Gasteiger partial charge in [0, 0.05) is 0 Å². The number of amidine groups is 1. The van der Waals surface area contributed by atoms with E-state index in [1.54, 1.807) is 18.2 Å². The van der Waals surface area contributed by atoms with Gasteiger partial charge in [0.2, 0.25) is 0 Å². The highest BCUT2D eigenvalue weighted by Gasteiger charge is 2.28. The van der Waals surface area contributed by atoms with E-state index in [9.17, 15) is 9.90 Å². The maximum atomic E-state index is 12.2. The van der Waals surface area contributed by atoms with Crippen LogP contribution < -0.4 is 4.74 Å². The van der Waals surface area contributed by atoms with Crippen molar-refractivity contribution < 1.29 is 14.6 Å². The van der Waals surface area contributed by atoms with Crippen LogP contribution in [0, 0.1) is 0 Å². The van der Waals surface area contributed by atoms with E-state index in [1.165, 1.54) is 28.5 Å². The molecule has 1 aliphatic rings. The molecule has 1 saturated heterocycles. The lowest BCUT2D eigenvalue weighted by atomic mass is 10.0. The molecule has 2 aromatic carbocycles.